The van der Waals surface area contributed by atoms with Gasteiger partial charge < -0.3 is 15.0 Å². The third-order valence-corrected chi connectivity index (χ3v) is 5.28. The number of methoxy groups -OCH3 is 1. The number of nitrogens with zero attached hydrogens (tertiary/aromatic N) is 2. The first-order valence-corrected chi connectivity index (χ1v) is 10.3. The van der Waals surface area contributed by atoms with E-state index in [0.717, 1.165) is 24.2 Å². The van der Waals surface area contributed by atoms with Crippen molar-refractivity contribution in [3.05, 3.63) is 90.0 Å². The van der Waals surface area contributed by atoms with Crippen LogP contribution in [0.3, 0.4) is 0 Å². The Labute approximate surface area is 182 Å². The number of amides is 3. The van der Waals surface area contributed by atoms with Crippen LogP contribution in [0.2, 0.25) is 0 Å². The maximum atomic E-state index is 13.1. The number of nitrogens with one attached hydrogen (secondary N) is 1. The van der Waals surface area contributed by atoms with Gasteiger partial charge in [0, 0.05) is 42.6 Å². The number of hydrogen-bond donors (Lipinski definition) is 1. The standard InChI is InChI=1S/C25H25N3O3/c1-31-23-13-6-11-21(17-23)26-24(29)20-10-5-12-22(16-20)28-15-7-14-27(25(28)30)18-19-8-3-2-4-9-19/h2-6,8-13,16-17H,7,14-15,18H2,1H3,(H,26,29). The zero-order valence-corrected chi connectivity index (χ0v) is 17.5. The Kier molecular flexibility index (Phi) is 6.17. The smallest absolute Gasteiger partial charge is 0.324 e. The first-order valence-electron chi connectivity index (χ1n) is 10.3. The number of benzene rings is 3. The number of urea groups is 1. The highest BCUT2D eigenvalue weighted by atomic mass is 16.5. The van der Waals surface area contributed by atoms with Crippen LogP contribution in [0.4, 0.5) is 16.2 Å². The summed E-state index contributed by atoms with van der Waals surface area (Å²) in [5.74, 6) is 0.435. The molecule has 1 aliphatic heterocycles. The molecule has 3 aromatic rings. The SMILES string of the molecule is COc1cccc(NC(=O)c2cccc(N3CCCN(Cc4ccccc4)C3=O)c2)c1. The van der Waals surface area contributed by atoms with Crippen LogP contribution in [-0.2, 0) is 6.54 Å². The molecule has 0 radical (unpaired) electrons. The van der Waals surface area contributed by atoms with Crippen molar-refractivity contribution in [3.8, 4) is 5.75 Å². The third-order valence-electron chi connectivity index (χ3n) is 5.28. The van der Waals surface area contributed by atoms with Crippen LogP contribution in [0.1, 0.15) is 22.3 Å². The Morgan fingerprint density at radius 2 is 1.77 bits per heavy atom. The van der Waals surface area contributed by atoms with Gasteiger partial charge in [-0.05, 0) is 42.3 Å². The highest BCUT2D eigenvalue weighted by Crippen LogP contribution is 2.24. The Morgan fingerprint density at radius 3 is 2.58 bits per heavy atom. The molecule has 0 aliphatic carbocycles. The quantitative estimate of drug-likeness (QED) is 0.630. The van der Waals surface area contributed by atoms with Gasteiger partial charge in [0.2, 0.25) is 0 Å². The lowest BCUT2D eigenvalue weighted by molar-refractivity contribution is 0.102. The molecular weight excluding hydrogens is 390 g/mol. The Balaban J connectivity index is 1.49. The number of hydrogen-bond acceptors (Lipinski definition) is 3. The summed E-state index contributed by atoms with van der Waals surface area (Å²) in [4.78, 5) is 29.5. The van der Waals surface area contributed by atoms with Crippen LogP contribution in [0, 0.1) is 0 Å². The van der Waals surface area contributed by atoms with Crippen molar-refractivity contribution in [3.63, 3.8) is 0 Å². The lowest BCUT2D eigenvalue weighted by Crippen LogP contribution is -2.49. The minimum absolute atomic E-state index is 0.0412. The van der Waals surface area contributed by atoms with Crippen LogP contribution in [0.25, 0.3) is 0 Å². The van der Waals surface area contributed by atoms with E-state index in [4.69, 9.17) is 4.74 Å². The molecule has 0 saturated carbocycles. The summed E-state index contributed by atoms with van der Waals surface area (Å²) >= 11 is 0. The summed E-state index contributed by atoms with van der Waals surface area (Å²) in [6.07, 6.45) is 0.874. The van der Waals surface area contributed by atoms with Crippen LogP contribution in [0.15, 0.2) is 78.9 Å². The molecule has 31 heavy (non-hydrogen) atoms. The molecule has 0 atom stereocenters. The minimum Gasteiger partial charge on any atom is -0.497 e. The summed E-state index contributed by atoms with van der Waals surface area (Å²) in [5.41, 5.74) is 2.97. The first kappa shape index (κ1) is 20.5. The number of rotatable bonds is 6. The van der Waals surface area contributed by atoms with Gasteiger partial charge in [-0.1, -0.05) is 42.5 Å². The molecule has 6 nitrogen and oxygen atoms in total. The molecule has 0 bridgehead atoms. The summed E-state index contributed by atoms with van der Waals surface area (Å²) in [6, 6.07) is 24.3. The van der Waals surface area contributed by atoms with E-state index < -0.39 is 0 Å². The monoisotopic (exact) mass is 415 g/mol. The molecule has 3 amide bonds. The van der Waals surface area contributed by atoms with E-state index in [0.29, 0.717) is 30.1 Å². The zero-order valence-electron chi connectivity index (χ0n) is 17.5. The lowest BCUT2D eigenvalue weighted by Gasteiger charge is -2.35. The summed E-state index contributed by atoms with van der Waals surface area (Å²) in [6.45, 7) is 1.93. The topological polar surface area (TPSA) is 61.9 Å². The molecule has 4 rings (SSSR count). The van der Waals surface area contributed by atoms with E-state index in [9.17, 15) is 9.59 Å². The maximum absolute atomic E-state index is 13.1. The molecule has 158 valence electrons. The summed E-state index contributed by atoms with van der Waals surface area (Å²) in [7, 11) is 1.58. The number of carbonyl (C=O) groups is 2. The average molecular weight is 415 g/mol. The van der Waals surface area contributed by atoms with Gasteiger partial charge in [0.25, 0.3) is 5.91 Å². The van der Waals surface area contributed by atoms with Crippen LogP contribution in [-0.4, -0.2) is 37.0 Å². The molecule has 0 spiro atoms. The van der Waals surface area contributed by atoms with E-state index >= 15 is 0 Å². The van der Waals surface area contributed by atoms with Gasteiger partial charge in [-0.25, -0.2) is 4.79 Å². The van der Waals surface area contributed by atoms with Gasteiger partial charge in [-0.3, -0.25) is 9.69 Å². The average Bonchev–Trinajstić information content (AvgIpc) is 2.81. The second-order valence-corrected chi connectivity index (χ2v) is 7.43. The van der Waals surface area contributed by atoms with Gasteiger partial charge in [0.15, 0.2) is 0 Å². The zero-order chi connectivity index (χ0) is 21.6. The Morgan fingerprint density at radius 1 is 0.968 bits per heavy atom. The van der Waals surface area contributed by atoms with Crippen molar-refractivity contribution in [2.24, 2.45) is 0 Å². The number of anilines is 2. The number of carbonyl (C=O) groups excluding carboxylic acids is 2. The van der Waals surface area contributed by atoms with Crippen LogP contribution >= 0.6 is 0 Å². The predicted molar refractivity (Wildman–Crippen MR) is 122 cm³/mol. The van der Waals surface area contributed by atoms with Gasteiger partial charge in [0.1, 0.15) is 5.75 Å². The van der Waals surface area contributed by atoms with Gasteiger partial charge in [-0.15, -0.1) is 0 Å². The van der Waals surface area contributed by atoms with Crippen molar-refractivity contribution < 1.29 is 14.3 Å². The molecule has 1 aliphatic rings. The highest BCUT2D eigenvalue weighted by Gasteiger charge is 2.27. The van der Waals surface area contributed by atoms with Gasteiger partial charge in [-0.2, -0.15) is 0 Å². The summed E-state index contributed by atoms with van der Waals surface area (Å²) < 4.78 is 5.20. The fraction of sp³-hybridized carbons (Fsp3) is 0.200. The third kappa shape index (κ3) is 4.86. The maximum Gasteiger partial charge on any atom is 0.324 e. The normalized spacial score (nSPS) is 13.8. The van der Waals surface area contributed by atoms with Crippen LogP contribution < -0.4 is 15.0 Å². The van der Waals surface area contributed by atoms with E-state index in [1.807, 2.05) is 53.4 Å². The van der Waals surface area contributed by atoms with Crippen molar-refractivity contribution in [1.29, 1.82) is 0 Å². The van der Waals surface area contributed by atoms with E-state index in [1.165, 1.54) is 0 Å². The Hall–Kier alpha value is -3.80. The van der Waals surface area contributed by atoms with E-state index in [1.54, 1.807) is 42.3 Å². The largest absolute Gasteiger partial charge is 0.497 e. The first-order chi connectivity index (χ1) is 15.1. The molecular formula is C25H25N3O3. The van der Waals surface area contributed by atoms with Crippen molar-refractivity contribution in [2.75, 3.05) is 30.4 Å². The van der Waals surface area contributed by atoms with E-state index in [-0.39, 0.29) is 11.9 Å². The second-order valence-electron chi connectivity index (χ2n) is 7.43. The molecule has 1 saturated heterocycles. The minimum atomic E-state index is -0.235. The van der Waals surface area contributed by atoms with Crippen molar-refractivity contribution >= 4 is 23.3 Å². The van der Waals surface area contributed by atoms with Crippen LogP contribution in [0.5, 0.6) is 5.75 Å². The predicted octanol–water partition coefficient (Wildman–Crippen LogP) is 4.78. The molecule has 0 unspecified atom stereocenters. The molecule has 1 fully saturated rings. The molecule has 1 heterocycles. The van der Waals surface area contributed by atoms with E-state index in [2.05, 4.69) is 5.32 Å². The molecule has 1 N–H and O–H groups in total. The molecule has 0 aromatic heterocycles. The summed E-state index contributed by atoms with van der Waals surface area (Å²) in [5, 5.41) is 2.88. The fourth-order valence-electron chi connectivity index (χ4n) is 3.69. The molecule has 6 heteroatoms. The fourth-order valence-corrected chi connectivity index (χ4v) is 3.69. The molecule has 3 aromatic carbocycles. The lowest BCUT2D eigenvalue weighted by atomic mass is 10.1. The Bertz CT molecular complexity index is 1070. The van der Waals surface area contributed by atoms with Gasteiger partial charge >= 0.3 is 6.03 Å². The second kappa shape index (κ2) is 9.34. The number of ether oxygens (including phenoxy) is 1. The van der Waals surface area contributed by atoms with Crippen molar-refractivity contribution in [2.45, 2.75) is 13.0 Å². The highest BCUT2D eigenvalue weighted by molar-refractivity contribution is 6.05. The van der Waals surface area contributed by atoms with Crippen molar-refractivity contribution in [1.82, 2.24) is 4.90 Å². The van der Waals surface area contributed by atoms with Gasteiger partial charge in [0.05, 0.1) is 7.11 Å².